The van der Waals surface area contributed by atoms with Crippen LogP contribution in [0, 0.1) is 11.3 Å². The summed E-state index contributed by atoms with van der Waals surface area (Å²) in [4.78, 5) is 11.8. The fraction of sp³-hybridized carbons (Fsp3) is 0.167. The number of carbonyl (C=O) groups is 1. The van der Waals surface area contributed by atoms with Gasteiger partial charge in [-0.25, -0.2) is 0 Å². The standard InChI is InChI=1S/C12H10BrNO/c1-2-3-10(8-14)12(15)9-4-6-11(13)7-5-9/h3-7H,2H2,1H3/b10-3+. The van der Waals surface area contributed by atoms with Gasteiger partial charge in [-0.2, -0.15) is 5.26 Å². The monoisotopic (exact) mass is 263 g/mol. The van der Waals surface area contributed by atoms with Crippen LogP contribution in [0.25, 0.3) is 0 Å². The fourth-order valence-corrected chi connectivity index (χ4v) is 1.41. The number of halogens is 1. The van der Waals surface area contributed by atoms with Crippen LogP contribution in [-0.4, -0.2) is 5.78 Å². The molecule has 0 N–H and O–H groups in total. The number of nitrogens with zero attached hydrogens (tertiary/aromatic N) is 1. The van der Waals surface area contributed by atoms with E-state index in [9.17, 15) is 4.79 Å². The summed E-state index contributed by atoms with van der Waals surface area (Å²) in [5.74, 6) is -0.216. The van der Waals surface area contributed by atoms with E-state index in [0.717, 1.165) is 4.47 Å². The number of ketones is 1. The maximum Gasteiger partial charge on any atom is 0.203 e. The highest BCUT2D eigenvalue weighted by Gasteiger charge is 2.10. The van der Waals surface area contributed by atoms with E-state index >= 15 is 0 Å². The predicted molar refractivity (Wildman–Crippen MR) is 62.5 cm³/mol. The summed E-state index contributed by atoms with van der Waals surface area (Å²) in [5.41, 5.74) is 0.749. The number of nitriles is 1. The molecule has 0 heterocycles. The van der Waals surface area contributed by atoms with Crippen LogP contribution in [-0.2, 0) is 0 Å². The first-order valence-corrected chi connectivity index (χ1v) is 5.39. The van der Waals surface area contributed by atoms with Crippen LogP contribution in [0.2, 0.25) is 0 Å². The van der Waals surface area contributed by atoms with Gasteiger partial charge in [-0.15, -0.1) is 0 Å². The molecule has 1 aromatic rings. The fourth-order valence-electron chi connectivity index (χ4n) is 1.15. The normalized spacial score (nSPS) is 10.9. The smallest absolute Gasteiger partial charge is 0.203 e. The number of allylic oxidation sites excluding steroid dienone is 2. The molecule has 0 amide bonds. The molecular weight excluding hydrogens is 254 g/mol. The van der Waals surface area contributed by atoms with E-state index < -0.39 is 0 Å². The van der Waals surface area contributed by atoms with Crippen molar-refractivity contribution in [2.24, 2.45) is 0 Å². The second-order valence-corrected chi connectivity index (χ2v) is 3.89. The van der Waals surface area contributed by atoms with E-state index in [2.05, 4.69) is 15.9 Å². The van der Waals surface area contributed by atoms with E-state index in [1.807, 2.05) is 13.0 Å². The molecule has 2 nitrogen and oxygen atoms in total. The molecule has 0 aliphatic carbocycles. The van der Waals surface area contributed by atoms with Crippen molar-refractivity contribution >= 4 is 21.7 Å². The van der Waals surface area contributed by atoms with Gasteiger partial charge in [0.2, 0.25) is 5.78 Å². The highest BCUT2D eigenvalue weighted by Crippen LogP contribution is 2.13. The number of hydrogen-bond donors (Lipinski definition) is 0. The second-order valence-electron chi connectivity index (χ2n) is 2.97. The zero-order valence-electron chi connectivity index (χ0n) is 8.33. The average molecular weight is 264 g/mol. The van der Waals surface area contributed by atoms with E-state index in [4.69, 9.17) is 5.26 Å². The van der Waals surface area contributed by atoms with Crippen molar-refractivity contribution in [1.82, 2.24) is 0 Å². The molecule has 0 aromatic heterocycles. The van der Waals surface area contributed by atoms with Gasteiger partial charge in [-0.1, -0.05) is 28.9 Å². The highest BCUT2D eigenvalue weighted by molar-refractivity contribution is 9.10. The minimum absolute atomic E-state index is 0.208. The van der Waals surface area contributed by atoms with E-state index in [-0.39, 0.29) is 11.4 Å². The molecule has 1 rings (SSSR count). The van der Waals surface area contributed by atoms with Gasteiger partial charge in [0.05, 0.1) is 5.57 Å². The third kappa shape index (κ3) is 3.03. The van der Waals surface area contributed by atoms with E-state index in [1.165, 1.54) is 0 Å². The zero-order valence-corrected chi connectivity index (χ0v) is 9.91. The van der Waals surface area contributed by atoms with Crippen molar-refractivity contribution < 1.29 is 4.79 Å². The number of hydrogen-bond acceptors (Lipinski definition) is 2. The van der Waals surface area contributed by atoms with Gasteiger partial charge in [0, 0.05) is 10.0 Å². The lowest BCUT2D eigenvalue weighted by Crippen LogP contribution is -2.01. The Bertz CT molecular complexity index is 426. The van der Waals surface area contributed by atoms with Crippen LogP contribution in [0.1, 0.15) is 23.7 Å². The lowest BCUT2D eigenvalue weighted by molar-refractivity contribution is 0.103. The molecule has 0 saturated heterocycles. The average Bonchev–Trinajstić information content (AvgIpc) is 2.26. The number of carbonyl (C=O) groups excluding carboxylic acids is 1. The SMILES string of the molecule is CC/C=C(\C#N)C(=O)c1ccc(Br)cc1. The molecule has 0 unspecified atom stereocenters. The molecule has 76 valence electrons. The summed E-state index contributed by atoms with van der Waals surface area (Å²) in [5, 5.41) is 8.80. The van der Waals surface area contributed by atoms with Gasteiger partial charge in [-0.05, 0) is 30.7 Å². The second kappa shape index (κ2) is 5.47. The lowest BCUT2D eigenvalue weighted by Gasteiger charge is -1.98. The Balaban J connectivity index is 3.00. The summed E-state index contributed by atoms with van der Waals surface area (Å²) in [6.45, 7) is 1.90. The van der Waals surface area contributed by atoms with Gasteiger partial charge in [0.1, 0.15) is 6.07 Å². The van der Waals surface area contributed by atoms with Crippen molar-refractivity contribution in [2.75, 3.05) is 0 Å². The first-order valence-electron chi connectivity index (χ1n) is 4.59. The molecule has 15 heavy (non-hydrogen) atoms. The third-order valence-electron chi connectivity index (χ3n) is 1.88. The Kier molecular flexibility index (Phi) is 4.26. The predicted octanol–water partition coefficient (Wildman–Crippen LogP) is 3.49. The third-order valence-corrected chi connectivity index (χ3v) is 2.41. The lowest BCUT2D eigenvalue weighted by atomic mass is 10.0. The van der Waals surface area contributed by atoms with Gasteiger partial charge in [-0.3, -0.25) is 4.79 Å². The largest absolute Gasteiger partial charge is 0.288 e. The summed E-state index contributed by atoms with van der Waals surface area (Å²) >= 11 is 3.29. The van der Waals surface area contributed by atoms with Crippen LogP contribution in [0.4, 0.5) is 0 Å². The van der Waals surface area contributed by atoms with Crippen LogP contribution < -0.4 is 0 Å². The van der Waals surface area contributed by atoms with Crippen LogP contribution >= 0.6 is 15.9 Å². The molecule has 1 aromatic carbocycles. The molecule has 0 atom stereocenters. The molecule has 0 fully saturated rings. The minimum atomic E-state index is -0.216. The summed E-state index contributed by atoms with van der Waals surface area (Å²) in [7, 11) is 0. The van der Waals surface area contributed by atoms with Gasteiger partial charge >= 0.3 is 0 Å². The molecule has 3 heteroatoms. The number of Topliss-reactive ketones (excluding diaryl/α,β-unsaturated/α-hetero) is 1. The first kappa shape index (κ1) is 11.7. The van der Waals surface area contributed by atoms with Crippen molar-refractivity contribution in [2.45, 2.75) is 13.3 Å². The number of rotatable bonds is 3. The summed E-state index contributed by atoms with van der Waals surface area (Å²) in [6.07, 6.45) is 2.33. The first-order chi connectivity index (χ1) is 7.19. The van der Waals surface area contributed by atoms with E-state index in [0.29, 0.717) is 12.0 Å². The Labute approximate surface area is 97.4 Å². The van der Waals surface area contributed by atoms with Gasteiger partial charge < -0.3 is 0 Å². The molecular formula is C12H10BrNO. The maximum atomic E-state index is 11.8. The summed E-state index contributed by atoms with van der Waals surface area (Å²) in [6, 6.07) is 8.89. The van der Waals surface area contributed by atoms with Crippen molar-refractivity contribution in [1.29, 1.82) is 5.26 Å². The molecule has 0 radical (unpaired) electrons. The van der Waals surface area contributed by atoms with Crippen LogP contribution in [0.15, 0.2) is 40.4 Å². The van der Waals surface area contributed by atoms with Gasteiger partial charge in [0.25, 0.3) is 0 Å². The van der Waals surface area contributed by atoms with Gasteiger partial charge in [0.15, 0.2) is 0 Å². The molecule has 0 bridgehead atoms. The van der Waals surface area contributed by atoms with Crippen LogP contribution in [0.3, 0.4) is 0 Å². The Morgan fingerprint density at radius 1 is 1.47 bits per heavy atom. The van der Waals surface area contributed by atoms with Crippen LogP contribution in [0.5, 0.6) is 0 Å². The Morgan fingerprint density at radius 3 is 2.53 bits per heavy atom. The Hall–Kier alpha value is -1.40. The topological polar surface area (TPSA) is 40.9 Å². The molecule has 0 spiro atoms. The molecule has 0 aliphatic heterocycles. The summed E-state index contributed by atoms with van der Waals surface area (Å²) < 4.78 is 0.914. The van der Waals surface area contributed by atoms with Crippen molar-refractivity contribution in [3.8, 4) is 6.07 Å². The maximum absolute atomic E-state index is 11.8. The van der Waals surface area contributed by atoms with Crippen molar-refractivity contribution in [3.63, 3.8) is 0 Å². The quantitative estimate of drug-likeness (QED) is 0.476. The number of benzene rings is 1. The van der Waals surface area contributed by atoms with E-state index in [1.54, 1.807) is 30.3 Å². The Morgan fingerprint density at radius 2 is 2.07 bits per heavy atom. The zero-order chi connectivity index (χ0) is 11.3. The van der Waals surface area contributed by atoms with Crippen molar-refractivity contribution in [3.05, 3.63) is 46.0 Å². The minimum Gasteiger partial charge on any atom is -0.288 e. The molecule has 0 saturated carbocycles. The molecule has 0 aliphatic rings. The highest BCUT2D eigenvalue weighted by atomic mass is 79.9.